The molecule has 0 unspecified atom stereocenters. The van der Waals surface area contributed by atoms with Gasteiger partial charge in [-0.25, -0.2) is 8.78 Å². The first-order valence-corrected chi connectivity index (χ1v) is 14.6. The third-order valence-electron chi connectivity index (χ3n) is 9.06. The highest BCUT2D eigenvalue weighted by Gasteiger charge is 2.25. The smallest absolute Gasteiger partial charge is 0.131 e. The van der Waals surface area contributed by atoms with E-state index >= 15 is 8.78 Å². The van der Waals surface area contributed by atoms with Crippen LogP contribution < -0.4 is 0 Å². The van der Waals surface area contributed by atoms with Crippen molar-refractivity contribution >= 4 is 0 Å². The molecule has 2 saturated carbocycles. The molecule has 4 rings (SSSR count). The van der Waals surface area contributed by atoms with E-state index in [1.54, 1.807) is 19.2 Å². The SMILES string of the molecule is CCCCCC1CCC(c2ccc(-c3ccc(CCC4CCC(COC)CC4)cc3F)cc2F)CC1. The van der Waals surface area contributed by atoms with Gasteiger partial charge in [0.2, 0.25) is 0 Å². The monoisotopic (exact) mass is 496 g/mol. The first-order valence-electron chi connectivity index (χ1n) is 14.6. The molecule has 1 nitrogen and oxygen atoms in total. The Balaban J connectivity index is 1.31. The fraction of sp³-hybridized carbons (Fsp3) is 0.636. The molecule has 3 heteroatoms. The van der Waals surface area contributed by atoms with E-state index in [1.807, 2.05) is 24.3 Å². The standard InChI is InChI=1S/C33H46F2O/c1-3-4-5-6-24-13-16-28(17-14-24)30-20-18-29(22-33(30)35)31-19-15-26(21-32(31)34)10-7-25-8-11-27(12-9-25)23-36-2/h15,18-22,24-25,27-28H,3-14,16-17,23H2,1-2H3. The van der Waals surface area contributed by atoms with Crippen LogP contribution >= 0.6 is 0 Å². The summed E-state index contributed by atoms with van der Waals surface area (Å²) in [6, 6.07) is 10.9. The molecule has 2 fully saturated rings. The summed E-state index contributed by atoms with van der Waals surface area (Å²) in [5.74, 6) is 2.14. The van der Waals surface area contributed by atoms with Gasteiger partial charge in [0.1, 0.15) is 11.6 Å². The van der Waals surface area contributed by atoms with E-state index in [-0.39, 0.29) is 11.6 Å². The lowest BCUT2D eigenvalue weighted by atomic mass is 9.76. The van der Waals surface area contributed by atoms with Gasteiger partial charge in [-0.2, -0.15) is 0 Å². The van der Waals surface area contributed by atoms with Gasteiger partial charge in [0, 0.05) is 19.3 Å². The number of methoxy groups -OCH3 is 1. The van der Waals surface area contributed by atoms with Crippen molar-refractivity contribution < 1.29 is 13.5 Å². The molecule has 198 valence electrons. The Bertz CT molecular complexity index is 939. The molecule has 0 saturated heterocycles. The number of unbranched alkanes of at least 4 members (excludes halogenated alkanes) is 2. The molecule has 0 aliphatic heterocycles. The fourth-order valence-electron chi connectivity index (χ4n) is 6.71. The van der Waals surface area contributed by atoms with Crippen LogP contribution in [0.3, 0.4) is 0 Å². The molecule has 2 aromatic carbocycles. The predicted molar refractivity (Wildman–Crippen MR) is 146 cm³/mol. The van der Waals surface area contributed by atoms with Crippen molar-refractivity contribution in [3.8, 4) is 11.1 Å². The molecule has 0 bridgehead atoms. The van der Waals surface area contributed by atoms with Crippen LogP contribution in [0.2, 0.25) is 0 Å². The quantitative estimate of drug-likeness (QED) is 0.281. The normalized spacial score (nSPS) is 24.7. The van der Waals surface area contributed by atoms with Crippen LogP contribution in [0.4, 0.5) is 8.78 Å². The minimum Gasteiger partial charge on any atom is -0.384 e. The summed E-state index contributed by atoms with van der Waals surface area (Å²) in [5.41, 5.74) is 3.01. The van der Waals surface area contributed by atoms with E-state index in [1.165, 1.54) is 64.2 Å². The number of hydrogen-bond donors (Lipinski definition) is 0. The van der Waals surface area contributed by atoms with E-state index in [2.05, 4.69) is 6.92 Å². The van der Waals surface area contributed by atoms with Crippen molar-refractivity contribution in [2.75, 3.05) is 13.7 Å². The van der Waals surface area contributed by atoms with Crippen LogP contribution in [0.25, 0.3) is 11.1 Å². The largest absolute Gasteiger partial charge is 0.384 e. The summed E-state index contributed by atoms with van der Waals surface area (Å²) in [6.07, 6.45) is 16.8. The Hall–Kier alpha value is -1.74. The molecule has 2 aliphatic carbocycles. The van der Waals surface area contributed by atoms with Crippen LogP contribution in [0, 0.1) is 29.4 Å². The van der Waals surface area contributed by atoms with Crippen LogP contribution in [-0.4, -0.2) is 13.7 Å². The molecule has 0 aromatic heterocycles. The lowest BCUT2D eigenvalue weighted by molar-refractivity contribution is 0.117. The third-order valence-corrected chi connectivity index (χ3v) is 9.06. The number of ether oxygens (including phenoxy) is 1. The highest BCUT2D eigenvalue weighted by atomic mass is 19.1. The molecule has 0 amide bonds. The fourth-order valence-corrected chi connectivity index (χ4v) is 6.71. The van der Waals surface area contributed by atoms with Gasteiger partial charge < -0.3 is 4.74 Å². The number of hydrogen-bond acceptors (Lipinski definition) is 1. The highest BCUT2D eigenvalue weighted by molar-refractivity contribution is 5.65. The first-order chi connectivity index (χ1) is 17.6. The van der Waals surface area contributed by atoms with Gasteiger partial charge in [-0.1, -0.05) is 69.7 Å². The second-order valence-electron chi connectivity index (χ2n) is 11.6. The lowest BCUT2D eigenvalue weighted by Gasteiger charge is -2.29. The molecule has 0 atom stereocenters. The van der Waals surface area contributed by atoms with Crippen LogP contribution in [0.1, 0.15) is 107 Å². The van der Waals surface area contributed by atoms with Gasteiger partial charge in [0.05, 0.1) is 0 Å². The van der Waals surface area contributed by atoms with E-state index < -0.39 is 0 Å². The maximum atomic E-state index is 15.1. The zero-order valence-electron chi connectivity index (χ0n) is 22.5. The lowest BCUT2D eigenvalue weighted by Crippen LogP contribution is -2.18. The summed E-state index contributed by atoms with van der Waals surface area (Å²) in [5, 5.41) is 0. The van der Waals surface area contributed by atoms with Gasteiger partial charge >= 0.3 is 0 Å². The second kappa shape index (κ2) is 13.7. The van der Waals surface area contributed by atoms with Crippen LogP contribution in [0.5, 0.6) is 0 Å². The molecular weight excluding hydrogens is 450 g/mol. The Kier molecular flexibility index (Phi) is 10.4. The minimum atomic E-state index is -0.240. The number of benzene rings is 2. The molecular formula is C33H46F2O. The average molecular weight is 497 g/mol. The summed E-state index contributed by atoms with van der Waals surface area (Å²) in [4.78, 5) is 0. The van der Waals surface area contributed by atoms with Crippen molar-refractivity contribution in [3.63, 3.8) is 0 Å². The third kappa shape index (κ3) is 7.40. The maximum absolute atomic E-state index is 15.1. The van der Waals surface area contributed by atoms with Gasteiger partial charge in [-0.15, -0.1) is 0 Å². The molecule has 0 heterocycles. The summed E-state index contributed by atoms with van der Waals surface area (Å²) in [6.45, 7) is 3.13. The minimum absolute atomic E-state index is 0.172. The van der Waals surface area contributed by atoms with E-state index in [0.29, 0.717) is 23.0 Å². The van der Waals surface area contributed by atoms with Gasteiger partial charge in [-0.05, 0) is 104 Å². The van der Waals surface area contributed by atoms with E-state index in [0.717, 1.165) is 55.3 Å². The van der Waals surface area contributed by atoms with Gasteiger partial charge in [0.15, 0.2) is 0 Å². The van der Waals surface area contributed by atoms with Crippen LogP contribution in [0.15, 0.2) is 36.4 Å². The number of halogens is 2. The molecule has 0 spiro atoms. The maximum Gasteiger partial charge on any atom is 0.131 e. The van der Waals surface area contributed by atoms with Crippen molar-refractivity contribution in [1.29, 1.82) is 0 Å². The number of rotatable bonds is 11. The summed E-state index contributed by atoms with van der Waals surface area (Å²) in [7, 11) is 1.79. The Morgan fingerprint density at radius 1 is 0.750 bits per heavy atom. The Labute approximate surface area is 218 Å². The summed E-state index contributed by atoms with van der Waals surface area (Å²) >= 11 is 0. The Morgan fingerprint density at radius 2 is 1.44 bits per heavy atom. The molecule has 2 aliphatic rings. The zero-order valence-corrected chi connectivity index (χ0v) is 22.5. The second-order valence-corrected chi connectivity index (χ2v) is 11.6. The van der Waals surface area contributed by atoms with Gasteiger partial charge in [-0.3, -0.25) is 0 Å². The zero-order chi connectivity index (χ0) is 25.3. The average Bonchev–Trinajstić information content (AvgIpc) is 2.89. The highest BCUT2D eigenvalue weighted by Crippen LogP contribution is 2.40. The van der Waals surface area contributed by atoms with Crippen molar-refractivity contribution in [2.24, 2.45) is 17.8 Å². The van der Waals surface area contributed by atoms with E-state index in [9.17, 15) is 0 Å². The van der Waals surface area contributed by atoms with Crippen molar-refractivity contribution in [2.45, 2.75) is 103 Å². The van der Waals surface area contributed by atoms with Crippen LogP contribution in [-0.2, 0) is 11.2 Å². The topological polar surface area (TPSA) is 9.23 Å². The Morgan fingerprint density at radius 3 is 2.11 bits per heavy atom. The molecule has 0 radical (unpaired) electrons. The molecule has 36 heavy (non-hydrogen) atoms. The molecule has 2 aromatic rings. The van der Waals surface area contributed by atoms with Crippen molar-refractivity contribution in [3.05, 3.63) is 59.2 Å². The predicted octanol–water partition coefficient (Wildman–Crippen LogP) is 9.87. The van der Waals surface area contributed by atoms with Gasteiger partial charge in [0.25, 0.3) is 0 Å². The van der Waals surface area contributed by atoms with Crippen molar-refractivity contribution in [1.82, 2.24) is 0 Å². The molecule has 0 N–H and O–H groups in total. The number of aryl methyl sites for hydroxylation is 1. The van der Waals surface area contributed by atoms with E-state index in [4.69, 9.17) is 4.74 Å². The summed E-state index contributed by atoms with van der Waals surface area (Å²) < 4.78 is 35.5. The first kappa shape index (κ1) is 27.3.